The van der Waals surface area contributed by atoms with Crippen LogP contribution in [0.5, 0.6) is 0 Å². The maximum absolute atomic E-state index is 12.7. The molecule has 1 unspecified atom stereocenters. The number of carbonyl (C=O) groups is 1. The molecule has 2 heterocycles. The standard InChI is InChI=1S/C13H20BrN3O3S/c1-9(2)17-7-10(14)6-12(17)13(18)16-5-3-4-11(8-16)21(15,19)20/h6-7,9,11H,3-5,8H2,1-2H3,(H2,15,19,20). The summed E-state index contributed by atoms with van der Waals surface area (Å²) in [5, 5.41) is 4.55. The highest BCUT2D eigenvalue weighted by atomic mass is 79.9. The molecule has 0 aliphatic carbocycles. The number of hydrogen-bond donors (Lipinski definition) is 1. The molecule has 6 nitrogen and oxygen atoms in total. The Labute approximate surface area is 133 Å². The molecule has 0 radical (unpaired) electrons. The summed E-state index contributed by atoms with van der Waals surface area (Å²) in [5.74, 6) is -0.150. The van der Waals surface area contributed by atoms with Crippen LogP contribution >= 0.6 is 15.9 Å². The van der Waals surface area contributed by atoms with E-state index < -0.39 is 15.3 Å². The fraction of sp³-hybridized carbons (Fsp3) is 0.615. The number of amides is 1. The van der Waals surface area contributed by atoms with E-state index >= 15 is 0 Å². The van der Waals surface area contributed by atoms with E-state index in [4.69, 9.17) is 5.14 Å². The molecular weight excluding hydrogens is 358 g/mol. The van der Waals surface area contributed by atoms with Crippen molar-refractivity contribution < 1.29 is 13.2 Å². The summed E-state index contributed by atoms with van der Waals surface area (Å²) in [5.41, 5.74) is 0.562. The van der Waals surface area contributed by atoms with Gasteiger partial charge in [-0.2, -0.15) is 0 Å². The Morgan fingerprint density at radius 2 is 2.14 bits per heavy atom. The van der Waals surface area contributed by atoms with Gasteiger partial charge in [-0.1, -0.05) is 0 Å². The van der Waals surface area contributed by atoms with E-state index in [0.717, 1.165) is 4.47 Å². The first kappa shape index (κ1) is 16.5. The highest BCUT2D eigenvalue weighted by Crippen LogP contribution is 2.23. The molecule has 118 valence electrons. The van der Waals surface area contributed by atoms with Crippen molar-refractivity contribution in [3.8, 4) is 0 Å². The van der Waals surface area contributed by atoms with Gasteiger partial charge in [-0.3, -0.25) is 4.79 Å². The van der Waals surface area contributed by atoms with Crippen molar-refractivity contribution in [2.75, 3.05) is 13.1 Å². The predicted molar refractivity (Wildman–Crippen MR) is 84.5 cm³/mol. The molecule has 1 saturated heterocycles. The van der Waals surface area contributed by atoms with Crippen molar-refractivity contribution in [2.24, 2.45) is 5.14 Å². The first-order valence-corrected chi connectivity index (χ1v) is 9.28. The van der Waals surface area contributed by atoms with E-state index in [1.165, 1.54) is 0 Å². The average molecular weight is 378 g/mol. The molecule has 8 heteroatoms. The summed E-state index contributed by atoms with van der Waals surface area (Å²) in [6.45, 7) is 4.71. The largest absolute Gasteiger partial charge is 0.340 e. The number of rotatable bonds is 3. The molecule has 1 atom stereocenters. The lowest BCUT2D eigenvalue weighted by molar-refractivity contribution is 0.0714. The molecule has 1 aliphatic heterocycles. The molecule has 0 aromatic carbocycles. The van der Waals surface area contributed by atoms with Crippen LogP contribution in [0.4, 0.5) is 0 Å². The smallest absolute Gasteiger partial charge is 0.270 e. The molecule has 1 fully saturated rings. The maximum Gasteiger partial charge on any atom is 0.270 e. The quantitative estimate of drug-likeness (QED) is 0.869. The van der Waals surface area contributed by atoms with E-state index in [1.54, 1.807) is 11.0 Å². The van der Waals surface area contributed by atoms with Gasteiger partial charge in [0, 0.05) is 29.8 Å². The van der Waals surface area contributed by atoms with Crippen LogP contribution in [-0.2, 0) is 10.0 Å². The minimum absolute atomic E-state index is 0.147. The Morgan fingerprint density at radius 1 is 1.48 bits per heavy atom. The summed E-state index contributed by atoms with van der Waals surface area (Å²) in [6, 6.07) is 1.91. The lowest BCUT2D eigenvalue weighted by Crippen LogP contribution is -2.47. The minimum Gasteiger partial charge on any atom is -0.340 e. The lowest BCUT2D eigenvalue weighted by atomic mass is 10.1. The zero-order chi connectivity index (χ0) is 15.8. The number of sulfonamides is 1. The van der Waals surface area contributed by atoms with E-state index in [0.29, 0.717) is 25.1 Å². The number of likely N-dealkylation sites (tertiary alicyclic amines) is 1. The van der Waals surface area contributed by atoms with Crippen molar-refractivity contribution in [3.63, 3.8) is 0 Å². The Balaban J connectivity index is 2.24. The van der Waals surface area contributed by atoms with Crippen LogP contribution in [0, 0.1) is 0 Å². The number of nitrogens with zero attached hydrogens (tertiary/aromatic N) is 2. The Morgan fingerprint density at radius 3 is 2.71 bits per heavy atom. The highest BCUT2D eigenvalue weighted by molar-refractivity contribution is 9.10. The van der Waals surface area contributed by atoms with Gasteiger partial charge in [0.05, 0.1) is 5.25 Å². The molecular formula is C13H20BrN3O3S. The molecule has 1 aromatic rings. The van der Waals surface area contributed by atoms with Gasteiger partial charge in [-0.25, -0.2) is 13.6 Å². The van der Waals surface area contributed by atoms with Gasteiger partial charge in [-0.05, 0) is 48.7 Å². The van der Waals surface area contributed by atoms with Crippen molar-refractivity contribution >= 4 is 31.9 Å². The van der Waals surface area contributed by atoms with Gasteiger partial charge in [0.25, 0.3) is 5.91 Å². The van der Waals surface area contributed by atoms with Crippen LogP contribution in [0.2, 0.25) is 0 Å². The zero-order valence-electron chi connectivity index (χ0n) is 12.1. The minimum atomic E-state index is -3.61. The van der Waals surface area contributed by atoms with E-state index in [1.807, 2.05) is 24.6 Å². The number of halogens is 1. The first-order chi connectivity index (χ1) is 9.70. The molecule has 1 aliphatic rings. The number of nitrogens with two attached hydrogens (primary N) is 1. The summed E-state index contributed by atoms with van der Waals surface area (Å²) in [6.07, 6.45) is 3.02. The van der Waals surface area contributed by atoms with Crippen molar-refractivity contribution in [1.82, 2.24) is 9.47 Å². The molecule has 0 saturated carbocycles. The molecule has 21 heavy (non-hydrogen) atoms. The van der Waals surface area contributed by atoms with Crippen LogP contribution in [0.1, 0.15) is 43.2 Å². The van der Waals surface area contributed by atoms with Crippen LogP contribution in [0.3, 0.4) is 0 Å². The van der Waals surface area contributed by atoms with E-state index in [2.05, 4.69) is 15.9 Å². The third-order valence-corrected chi connectivity index (χ3v) is 5.47. The Bertz CT molecular complexity index is 639. The van der Waals surface area contributed by atoms with Gasteiger partial charge < -0.3 is 9.47 Å². The fourth-order valence-corrected chi connectivity index (χ4v) is 3.92. The van der Waals surface area contributed by atoms with Crippen molar-refractivity contribution in [1.29, 1.82) is 0 Å². The van der Waals surface area contributed by atoms with Gasteiger partial charge in [-0.15, -0.1) is 0 Å². The lowest BCUT2D eigenvalue weighted by Gasteiger charge is -2.32. The monoisotopic (exact) mass is 377 g/mol. The number of aromatic nitrogens is 1. The van der Waals surface area contributed by atoms with Gasteiger partial charge in [0.15, 0.2) is 0 Å². The van der Waals surface area contributed by atoms with Crippen LogP contribution in [0.15, 0.2) is 16.7 Å². The summed E-state index contributed by atoms with van der Waals surface area (Å²) in [4.78, 5) is 14.2. The van der Waals surface area contributed by atoms with Gasteiger partial charge in [0.1, 0.15) is 5.69 Å². The third-order valence-electron chi connectivity index (χ3n) is 3.72. The normalized spacial score (nSPS) is 20.0. The maximum atomic E-state index is 12.7. The number of carbonyl (C=O) groups excluding carboxylic acids is 1. The fourth-order valence-electron chi connectivity index (χ4n) is 2.60. The van der Waals surface area contributed by atoms with Crippen LogP contribution < -0.4 is 5.14 Å². The van der Waals surface area contributed by atoms with Gasteiger partial charge >= 0.3 is 0 Å². The molecule has 0 spiro atoms. The molecule has 2 N–H and O–H groups in total. The first-order valence-electron chi connectivity index (χ1n) is 6.88. The summed E-state index contributed by atoms with van der Waals surface area (Å²) >= 11 is 3.38. The van der Waals surface area contributed by atoms with Crippen LogP contribution in [0.25, 0.3) is 0 Å². The van der Waals surface area contributed by atoms with Crippen LogP contribution in [-0.4, -0.2) is 42.1 Å². The number of primary sulfonamides is 1. The summed E-state index contributed by atoms with van der Waals surface area (Å²) < 4.78 is 25.7. The van der Waals surface area contributed by atoms with Gasteiger partial charge in [0.2, 0.25) is 10.0 Å². The number of piperidine rings is 1. The van der Waals surface area contributed by atoms with E-state index in [9.17, 15) is 13.2 Å². The number of hydrogen-bond acceptors (Lipinski definition) is 3. The second-order valence-electron chi connectivity index (χ2n) is 5.65. The zero-order valence-corrected chi connectivity index (χ0v) is 14.5. The second-order valence-corrected chi connectivity index (χ2v) is 8.41. The Hall–Kier alpha value is -0.860. The molecule has 0 bridgehead atoms. The summed E-state index contributed by atoms with van der Waals surface area (Å²) in [7, 11) is -3.61. The topological polar surface area (TPSA) is 85.4 Å². The molecule has 1 aromatic heterocycles. The second kappa shape index (κ2) is 6.10. The third kappa shape index (κ3) is 3.67. The molecule has 2 rings (SSSR count). The highest BCUT2D eigenvalue weighted by Gasteiger charge is 2.32. The predicted octanol–water partition coefficient (Wildman–Crippen LogP) is 1.72. The SMILES string of the molecule is CC(C)n1cc(Br)cc1C(=O)N1CCCC(S(N)(=O)=O)C1. The molecule has 1 amide bonds. The average Bonchev–Trinajstić information content (AvgIpc) is 2.79. The van der Waals surface area contributed by atoms with Crippen molar-refractivity contribution in [2.45, 2.75) is 38.0 Å². The van der Waals surface area contributed by atoms with Crippen molar-refractivity contribution in [3.05, 3.63) is 22.4 Å². The Kier molecular flexibility index (Phi) is 4.79. The van der Waals surface area contributed by atoms with E-state index in [-0.39, 0.29) is 18.5 Å².